The lowest BCUT2D eigenvalue weighted by atomic mass is 9.88. The minimum absolute atomic E-state index is 0.0216. The molecule has 0 aliphatic carbocycles. The van der Waals surface area contributed by atoms with Crippen molar-refractivity contribution in [3.05, 3.63) is 94.5 Å². The van der Waals surface area contributed by atoms with Crippen molar-refractivity contribution in [3.8, 4) is 0 Å². The van der Waals surface area contributed by atoms with Gasteiger partial charge in [-0.05, 0) is 54.6 Å². The highest BCUT2D eigenvalue weighted by Gasteiger charge is 2.37. The molecule has 2 amide bonds. The number of para-hydroxylation sites is 2. The van der Waals surface area contributed by atoms with E-state index >= 15 is 0 Å². The molecule has 1 heterocycles. The maximum absolute atomic E-state index is 13.1. The Morgan fingerprint density at radius 3 is 2.50 bits per heavy atom. The number of hydrogen-bond acceptors (Lipinski definition) is 4. The Kier molecular flexibility index (Phi) is 7.45. The first-order valence-electron chi connectivity index (χ1n) is 11.1. The van der Waals surface area contributed by atoms with Gasteiger partial charge < -0.3 is 21.3 Å². The lowest BCUT2D eigenvalue weighted by Crippen LogP contribution is -2.28. The quantitative estimate of drug-likeness (QED) is 0.317. The molecule has 0 spiro atoms. The molecule has 4 N–H and O–H groups in total. The topological polar surface area (TPSA) is 87.5 Å². The molecule has 2 atom stereocenters. The van der Waals surface area contributed by atoms with E-state index < -0.39 is 0 Å². The van der Waals surface area contributed by atoms with Crippen LogP contribution in [0, 0.1) is 5.92 Å². The van der Waals surface area contributed by atoms with Crippen LogP contribution in [-0.4, -0.2) is 36.9 Å². The summed E-state index contributed by atoms with van der Waals surface area (Å²) in [6.07, 6.45) is 3.25. The Balaban J connectivity index is 1.41. The highest BCUT2D eigenvalue weighted by atomic mass is 79.9. The molecular formula is C27H27BrN4O2. The number of nitrogen functional groups attached to an aromatic ring is 1. The Labute approximate surface area is 208 Å². The van der Waals surface area contributed by atoms with Gasteiger partial charge in [0.2, 0.25) is 11.8 Å². The number of benzene rings is 3. The third kappa shape index (κ3) is 5.92. The lowest BCUT2D eigenvalue weighted by molar-refractivity contribution is -0.119. The van der Waals surface area contributed by atoms with Crippen molar-refractivity contribution in [2.75, 3.05) is 36.5 Å². The first kappa shape index (κ1) is 23.7. The fraction of sp³-hybridized carbons (Fsp3) is 0.185. The summed E-state index contributed by atoms with van der Waals surface area (Å²) in [5.74, 6) is -0.274. The van der Waals surface area contributed by atoms with Crippen molar-refractivity contribution in [3.63, 3.8) is 0 Å². The summed E-state index contributed by atoms with van der Waals surface area (Å²) in [6, 6.07) is 22.8. The standard InChI is InChI=1S/C27H27BrN4O2/c1-32-16-22(23(17-32)27(34)30-21-6-4-5-20(28)15-21)19-12-9-18(10-13-19)11-14-26(33)31-25-8-3-2-7-24(25)29/h2-15,22-23H,16-17,29H2,1H3,(H,30,34)(H,31,33)/b14-11+. The zero-order valence-corrected chi connectivity index (χ0v) is 20.5. The van der Waals surface area contributed by atoms with Crippen LogP contribution < -0.4 is 16.4 Å². The fourth-order valence-electron chi connectivity index (χ4n) is 4.22. The van der Waals surface area contributed by atoms with Gasteiger partial charge in [0.15, 0.2) is 0 Å². The number of nitrogens with zero attached hydrogens (tertiary/aromatic N) is 1. The highest BCUT2D eigenvalue weighted by Crippen LogP contribution is 2.33. The molecule has 3 aromatic rings. The van der Waals surface area contributed by atoms with Crippen LogP contribution in [0.4, 0.5) is 17.1 Å². The predicted octanol–water partition coefficient (Wildman–Crippen LogP) is 4.97. The monoisotopic (exact) mass is 518 g/mol. The number of likely N-dealkylation sites (tertiary alicyclic amines) is 1. The summed E-state index contributed by atoms with van der Waals surface area (Å²) < 4.78 is 0.926. The molecule has 174 valence electrons. The fourth-order valence-corrected chi connectivity index (χ4v) is 4.62. The molecule has 0 aromatic heterocycles. The van der Waals surface area contributed by atoms with Crippen LogP contribution in [0.1, 0.15) is 17.0 Å². The number of likely N-dealkylation sites (N-methyl/N-ethyl adjacent to an activating group) is 1. The lowest BCUT2D eigenvalue weighted by Gasteiger charge is -2.19. The minimum Gasteiger partial charge on any atom is -0.397 e. The summed E-state index contributed by atoms with van der Waals surface area (Å²) in [6.45, 7) is 1.52. The maximum atomic E-state index is 13.1. The van der Waals surface area contributed by atoms with Crippen molar-refractivity contribution in [2.24, 2.45) is 5.92 Å². The van der Waals surface area contributed by atoms with Crippen molar-refractivity contribution in [2.45, 2.75) is 5.92 Å². The highest BCUT2D eigenvalue weighted by molar-refractivity contribution is 9.10. The molecule has 1 saturated heterocycles. The van der Waals surface area contributed by atoms with Crippen LogP contribution in [0.5, 0.6) is 0 Å². The van der Waals surface area contributed by atoms with Gasteiger partial charge in [-0.1, -0.05) is 58.4 Å². The third-order valence-corrected chi connectivity index (χ3v) is 6.44. The van der Waals surface area contributed by atoms with Gasteiger partial charge in [-0.15, -0.1) is 0 Å². The average Bonchev–Trinajstić information content (AvgIpc) is 3.21. The first-order chi connectivity index (χ1) is 16.4. The van der Waals surface area contributed by atoms with Gasteiger partial charge in [-0.3, -0.25) is 9.59 Å². The summed E-state index contributed by atoms with van der Waals surface area (Å²) in [4.78, 5) is 27.5. The number of rotatable bonds is 6. The largest absolute Gasteiger partial charge is 0.397 e. The molecule has 7 heteroatoms. The Hall–Kier alpha value is -3.42. The van der Waals surface area contributed by atoms with Gasteiger partial charge in [0.1, 0.15) is 0 Å². The molecular weight excluding hydrogens is 492 g/mol. The van der Waals surface area contributed by atoms with E-state index in [1.807, 2.05) is 67.7 Å². The number of anilines is 3. The van der Waals surface area contributed by atoms with Gasteiger partial charge in [-0.25, -0.2) is 0 Å². The van der Waals surface area contributed by atoms with Crippen LogP contribution in [0.15, 0.2) is 83.3 Å². The molecule has 3 aromatic carbocycles. The Morgan fingerprint density at radius 2 is 1.76 bits per heavy atom. The van der Waals surface area contributed by atoms with Crippen LogP contribution >= 0.6 is 15.9 Å². The van der Waals surface area contributed by atoms with Gasteiger partial charge in [0, 0.05) is 35.2 Å². The molecule has 0 saturated carbocycles. The van der Waals surface area contributed by atoms with Gasteiger partial charge in [0.05, 0.1) is 17.3 Å². The first-order valence-corrected chi connectivity index (χ1v) is 11.9. The van der Waals surface area contributed by atoms with E-state index in [0.29, 0.717) is 17.9 Å². The van der Waals surface area contributed by atoms with Crippen molar-refractivity contribution in [1.29, 1.82) is 0 Å². The van der Waals surface area contributed by atoms with Crippen LogP contribution in [-0.2, 0) is 9.59 Å². The average molecular weight is 519 g/mol. The molecule has 1 aliphatic heterocycles. The van der Waals surface area contributed by atoms with Crippen molar-refractivity contribution >= 4 is 50.9 Å². The van der Waals surface area contributed by atoms with Crippen molar-refractivity contribution in [1.82, 2.24) is 4.90 Å². The van der Waals surface area contributed by atoms with E-state index in [0.717, 1.165) is 27.8 Å². The summed E-state index contributed by atoms with van der Waals surface area (Å²) in [5.41, 5.74) is 9.78. The number of nitrogens with two attached hydrogens (primary N) is 1. The molecule has 0 radical (unpaired) electrons. The Morgan fingerprint density at radius 1 is 1.00 bits per heavy atom. The van der Waals surface area contributed by atoms with Gasteiger partial charge >= 0.3 is 0 Å². The summed E-state index contributed by atoms with van der Waals surface area (Å²) in [5, 5.41) is 5.83. The van der Waals surface area contributed by atoms with Crippen molar-refractivity contribution < 1.29 is 9.59 Å². The van der Waals surface area contributed by atoms with E-state index in [4.69, 9.17) is 5.73 Å². The number of hydrogen-bond donors (Lipinski definition) is 3. The van der Waals surface area contributed by atoms with E-state index in [9.17, 15) is 9.59 Å². The summed E-state index contributed by atoms with van der Waals surface area (Å²) in [7, 11) is 2.04. The molecule has 34 heavy (non-hydrogen) atoms. The number of halogens is 1. The van der Waals surface area contributed by atoms with E-state index in [1.54, 1.807) is 18.2 Å². The molecule has 1 aliphatic rings. The predicted molar refractivity (Wildman–Crippen MR) is 141 cm³/mol. The molecule has 4 rings (SSSR count). The summed E-state index contributed by atoms with van der Waals surface area (Å²) >= 11 is 3.45. The second-order valence-corrected chi connectivity index (χ2v) is 9.43. The Bertz CT molecular complexity index is 1210. The van der Waals surface area contributed by atoms with Crippen LogP contribution in [0.25, 0.3) is 6.08 Å². The number of nitrogens with one attached hydrogen (secondary N) is 2. The number of amides is 2. The van der Waals surface area contributed by atoms with E-state index in [2.05, 4.69) is 31.5 Å². The minimum atomic E-state index is -0.247. The second-order valence-electron chi connectivity index (χ2n) is 8.51. The second kappa shape index (κ2) is 10.7. The maximum Gasteiger partial charge on any atom is 0.248 e. The zero-order chi connectivity index (χ0) is 24.1. The molecule has 1 fully saturated rings. The van der Waals surface area contributed by atoms with Crippen LogP contribution in [0.2, 0.25) is 0 Å². The molecule has 6 nitrogen and oxygen atoms in total. The normalized spacial score (nSPS) is 18.2. The zero-order valence-electron chi connectivity index (χ0n) is 18.9. The third-order valence-electron chi connectivity index (χ3n) is 5.94. The van der Waals surface area contributed by atoms with E-state index in [1.165, 1.54) is 6.08 Å². The van der Waals surface area contributed by atoms with Crippen LogP contribution in [0.3, 0.4) is 0 Å². The smallest absolute Gasteiger partial charge is 0.248 e. The molecule has 2 unspecified atom stereocenters. The number of carbonyl (C=O) groups is 2. The van der Waals surface area contributed by atoms with Gasteiger partial charge in [-0.2, -0.15) is 0 Å². The van der Waals surface area contributed by atoms with Gasteiger partial charge in [0.25, 0.3) is 0 Å². The van der Waals surface area contributed by atoms with E-state index in [-0.39, 0.29) is 23.7 Å². The molecule has 0 bridgehead atoms. The number of carbonyl (C=O) groups excluding carboxylic acids is 2. The SMILES string of the molecule is CN1CC(C(=O)Nc2cccc(Br)c2)C(c2ccc(/C=C/C(=O)Nc3ccccc3N)cc2)C1.